The second-order valence-corrected chi connectivity index (χ2v) is 5.02. The first kappa shape index (κ1) is 15.6. The van der Waals surface area contributed by atoms with Crippen LogP contribution in [0.4, 0.5) is 0 Å². The molecule has 19 heavy (non-hydrogen) atoms. The average molecular weight is 393 g/mol. The highest BCUT2D eigenvalue weighted by molar-refractivity contribution is 9.11. The van der Waals surface area contributed by atoms with E-state index < -0.39 is 11.8 Å². The highest BCUT2D eigenvalue weighted by Gasteiger charge is 2.08. The number of hydrogen-bond donors (Lipinski definition) is 2. The van der Waals surface area contributed by atoms with Crippen LogP contribution in [0, 0.1) is 0 Å². The van der Waals surface area contributed by atoms with Crippen LogP contribution in [0.2, 0.25) is 0 Å². The number of nitrogens with one attached hydrogen (secondary N) is 1. The van der Waals surface area contributed by atoms with E-state index in [1.165, 1.54) is 6.21 Å². The number of benzene rings is 1. The van der Waals surface area contributed by atoms with E-state index in [4.69, 9.17) is 10.5 Å². The Hall–Kier alpha value is -1.41. The van der Waals surface area contributed by atoms with E-state index >= 15 is 0 Å². The van der Waals surface area contributed by atoms with Crippen molar-refractivity contribution in [2.75, 3.05) is 6.61 Å². The fraction of sp³-hybridized carbons (Fsp3) is 0.182. The Balaban J connectivity index is 2.83. The number of hydrogen-bond acceptors (Lipinski definition) is 4. The average Bonchev–Trinajstić information content (AvgIpc) is 2.33. The quantitative estimate of drug-likeness (QED) is 0.462. The summed E-state index contributed by atoms with van der Waals surface area (Å²) in [5.41, 5.74) is 7.46. The van der Waals surface area contributed by atoms with Gasteiger partial charge in [0.2, 0.25) is 0 Å². The number of amides is 2. The zero-order valence-electron chi connectivity index (χ0n) is 9.94. The second-order valence-electron chi connectivity index (χ2n) is 3.31. The number of nitrogens with zero attached hydrogens (tertiary/aromatic N) is 1. The van der Waals surface area contributed by atoms with E-state index in [1.54, 1.807) is 12.1 Å². The first-order valence-electron chi connectivity index (χ1n) is 5.20. The molecule has 0 aliphatic rings. The van der Waals surface area contributed by atoms with E-state index in [2.05, 4.69) is 37.0 Å². The van der Waals surface area contributed by atoms with Crippen LogP contribution in [0.3, 0.4) is 0 Å². The molecule has 1 rings (SSSR count). The van der Waals surface area contributed by atoms with Crippen molar-refractivity contribution in [3.8, 4) is 5.75 Å². The molecule has 2 amide bonds. The Kier molecular flexibility index (Phi) is 5.97. The molecule has 0 atom stereocenters. The number of hydrazone groups is 1. The summed E-state index contributed by atoms with van der Waals surface area (Å²) in [6, 6.07) is 3.52. The molecule has 1 aromatic carbocycles. The van der Waals surface area contributed by atoms with Crippen LogP contribution in [0.5, 0.6) is 5.75 Å². The third-order valence-electron chi connectivity index (χ3n) is 1.91. The second kappa shape index (κ2) is 7.25. The molecule has 0 unspecified atom stereocenters. The van der Waals surface area contributed by atoms with Crippen LogP contribution in [-0.2, 0) is 9.59 Å². The third-order valence-corrected chi connectivity index (χ3v) is 3.09. The van der Waals surface area contributed by atoms with Crippen molar-refractivity contribution >= 4 is 49.9 Å². The fourth-order valence-corrected chi connectivity index (χ4v) is 2.61. The summed E-state index contributed by atoms with van der Waals surface area (Å²) in [5, 5.41) is 3.61. The minimum absolute atomic E-state index is 0.541. The smallest absolute Gasteiger partial charge is 0.329 e. The standard InChI is InChI=1S/C11H11Br2N3O3/c1-2-19-9-7(12)3-6(4-8(9)13)5-15-16-11(18)10(14)17/h3-5H,2H2,1H3,(H2,14,17)(H,16,18)/b15-5-. The number of halogens is 2. The van der Waals surface area contributed by atoms with E-state index in [1.807, 2.05) is 12.3 Å². The maximum atomic E-state index is 10.9. The molecule has 0 aromatic heterocycles. The zero-order chi connectivity index (χ0) is 14.4. The predicted molar refractivity (Wildman–Crippen MR) is 77.9 cm³/mol. The number of rotatable bonds is 4. The maximum Gasteiger partial charge on any atom is 0.329 e. The number of nitrogens with two attached hydrogens (primary N) is 1. The Bertz CT molecular complexity index is 509. The van der Waals surface area contributed by atoms with Gasteiger partial charge in [0, 0.05) is 0 Å². The summed E-state index contributed by atoms with van der Waals surface area (Å²) < 4.78 is 6.91. The third kappa shape index (κ3) is 4.64. The molecule has 102 valence electrons. The molecule has 0 bridgehead atoms. The number of carbonyl (C=O) groups excluding carboxylic acids is 2. The van der Waals surface area contributed by atoms with Crippen molar-refractivity contribution in [1.82, 2.24) is 5.43 Å². The van der Waals surface area contributed by atoms with Crippen LogP contribution < -0.4 is 15.9 Å². The van der Waals surface area contributed by atoms with E-state index in [-0.39, 0.29) is 0 Å². The molecule has 0 aliphatic heterocycles. The van der Waals surface area contributed by atoms with Gasteiger partial charge >= 0.3 is 11.8 Å². The van der Waals surface area contributed by atoms with Gasteiger partial charge < -0.3 is 10.5 Å². The first-order chi connectivity index (χ1) is 8.95. The summed E-state index contributed by atoms with van der Waals surface area (Å²) in [5.74, 6) is -1.38. The van der Waals surface area contributed by atoms with Crippen molar-refractivity contribution in [2.24, 2.45) is 10.8 Å². The summed E-state index contributed by atoms with van der Waals surface area (Å²) in [7, 11) is 0. The van der Waals surface area contributed by atoms with Gasteiger partial charge in [-0.25, -0.2) is 5.43 Å². The lowest BCUT2D eigenvalue weighted by Gasteiger charge is -2.09. The Morgan fingerprint density at radius 2 is 2.00 bits per heavy atom. The van der Waals surface area contributed by atoms with E-state index in [0.717, 1.165) is 8.95 Å². The molecule has 0 saturated carbocycles. The summed E-state index contributed by atoms with van der Waals surface area (Å²) >= 11 is 6.73. The summed E-state index contributed by atoms with van der Waals surface area (Å²) in [6.07, 6.45) is 1.38. The first-order valence-corrected chi connectivity index (χ1v) is 6.79. The zero-order valence-corrected chi connectivity index (χ0v) is 13.1. The Labute approximate surface area is 126 Å². The number of primary amides is 1. The van der Waals surface area contributed by atoms with E-state index in [0.29, 0.717) is 17.9 Å². The highest BCUT2D eigenvalue weighted by atomic mass is 79.9. The molecule has 0 radical (unpaired) electrons. The molecule has 0 spiro atoms. The van der Waals surface area contributed by atoms with Gasteiger partial charge in [0.25, 0.3) is 0 Å². The predicted octanol–water partition coefficient (Wildman–Crippen LogP) is 1.55. The lowest BCUT2D eigenvalue weighted by Crippen LogP contribution is -2.32. The highest BCUT2D eigenvalue weighted by Crippen LogP contribution is 2.34. The molecule has 6 nitrogen and oxygen atoms in total. The van der Waals surface area contributed by atoms with Crippen LogP contribution in [0.1, 0.15) is 12.5 Å². The number of ether oxygens (including phenoxy) is 1. The van der Waals surface area contributed by atoms with Gasteiger partial charge in [-0.2, -0.15) is 5.10 Å². The fourth-order valence-electron chi connectivity index (χ4n) is 1.16. The van der Waals surface area contributed by atoms with Crippen LogP contribution in [0.15, 0.2) is 26.2 Å². The largest absolute Gasteiger partial charge is 0.492 e. The van der Waals surface area contributed by atoms with Crippen molar-refractivity contribution < 1.29 is 14.3 Å². The van der Waals surface area contributed by atoms with Crippen molar-refractivity contribution in [2.45, 2.75) is 6.92 Å². The van der Waals surface area contributed by atoms with Gasteiger partial charge in [-0.05, 0) is 56.5 Å². The van der Waals surface area contributed by atoms with Gasteiger partial charge in [-0.15, -0.1) is 0 Å². The summed E-state index contributed by atoms with van der Waals surface area (Å²) in [6.45, 7) is 2.42. The molecule has 0 saturated heterocycles. The Morgan fingerprint density at radius 1 is 1.42 bits per heavy atom. The minimum atomic E-state index is -1.09. The van der Waals surface area contributed by atoms with Gasteiger partial charge in [0.1, 0.15) is 5.75 Å². The molecule has 0 aliphatic carbocycles. The molecule has 0 fully saturated rings. The van der Waals surface area contributed by atoms with E-state index in [9.17, 15) is 9.59 Å². The van der Waals surface area contributed by atoms with Gasteiger partial charge in [-0.1, -0.05) is 0 Å². The molecule has 8 heteroatoms. The minimum Gasteiger partial charge on any atom is -0.492 e. The van der Waals surface area contributed by atoms with Gasteiger partial charge in [0.05, 0.1) is 21.8 Å². The normalized spacial score (nSPS) is 10.5. The van der Waals surface area contributed by atoms with Crippen molar-refractivity contribution in [3.63, 3.8) is 0 Å². The van der Waals surface area contributed by atoms with Crippen molar-refractivity contribution in [1.29, 1.82) is 0 Å². The lowest BCUT2D eigenvalue weighted by molar-refractivity contribution is -0.137. The SMILES string of the molecule is CCOc1c(Br)cc(/C=N\NC(=O)C(N)=O)cc1Br. The van der Waals surface area contributed by atoms with Gasteiger partial charge in [-0.3, -0.25) is 9.59 Å². The molecule has 1 aromatic rings. The molecular formula is C11H11Br2N3O3. The topological polar surface area (TPSA) is 93.8 Å². The van der Waals surface area contributed by atoms with Crippen LogP contribution in [0.25, 0.3) is 0 Å². The molecular weight excluding hydrogens is 382 g/mol. The van der Waals surface area contributed by atoms with Gasteiger partial charge in [0.15, 0.2) is 0 Å². The van der Waals surface area contributed by atoms with Crippen molar-refractivity contribution in [3.05, 3.63) is 26.6 Å². The maximum absolute atomic E-state index is 10.9. The van der Waals surface area contributed by atoms with Crippen LogP contribution >= 0.6 is 31.9 Å². The summed E-state index contributed by atoms with van der Waals surface area (Å²) in [4.78, 5) is 21.3. The monoisotopic (exact) mass is 391 g/mol. The Morgan fingerprint density at radius 3 is 2.47 bits per heavy atom. The molecule has 3 N–H and O–H groups in total. The molecule has 0 heterocycles. The lowest BCUT2D eigenvalue weighted by atomic mass is 10.2. The number of carbonyl (C=O) groups is 2. The van der Waals surface area contributed by atoms with Crippen LogP contribution in [-0.4, -0.2) is 24.6 Å².